The van der Waals surface area contributed by atoms with Gasteiger partial charge in [-0.05, 0) is 95.1 Å². The lowest BCUT2D eigenvalue weighted by atomic mass is 9.73. The molecule has 4 nitrogen and oxygen atoms in total. The molecule has 0 aliphatic carbocycles. The second-order valence-electron chi connectivity index (χ2n) is 15.7. The first-order valence-electron chi connectivity index (χ1n) is 19.7. The van der Waals surface area contributed by atoms with Crippen molar-refractivity contribution in [2.45, 2.75) is 19.3 Å². The van der Waals surface area contributed by atoms with Crippen LogP contribution in [0.5, 0.6) is 0 Å². The molecule has 270 valence electrons. The standard InChI is InChI=1S/C53H37N3O/c1-53(2)42-20-8-11-23-46(42)55(47-24-12-9-21-43(47)53)37-31-32-45-41(33-37)39-17-6-10-22-44(39)54(45)36-29-27-34(28-30-36)38-19-14-25-48-50(38)51-40-18-7-13-26-49(40)57-52(51)56(48)35-15-4-3-5-16-35/h3-33H,1-2H3. The Morgan fingerprint density at radius 2 is 1.02 bits per heavy atom. The normalized spacial score (nSPS) is 13.5. The van der Waals surface area contributed by atoms with Crippen LogP contribution < -0.4 is 4.90 Å². The Hall–Kier alpha value is -7.30. The van der Waals surface area contributed by atoms with E-state index < -0.39 is 0 Å². The van der Waals surface area contributed by atoms with E-state index in [1.54, 1.807) is 0 Å². The third kappa shape index (κ3) is 4.50. The molecular formula is C53H37N3O. The molecule has 0 saturated carbocycles. The van der Waals surface area contributed by atoms with Crippen LogP contribution >= 0.6 is 0 Å². The fourth-order valence-electron chi connectivity index (χ4n) is 9.72. The van der Waals surface area contributed by atoms with Gasteiger partial charge in [-0.3, -0.25) is 4.57 Å². The molecule has 3 aromatic heterocycles. The molecule has 0 atom stereocenters. The van der Waals surface area contributed by atoms with Crippen molar-refractivity contribution in [2.24, 2.45) is 0 Å². The van der Waals surface area contributed by atoms with Crippen LogP contribution in [0, 0.1) is 0 Å². The van der Waals surface area contributed by atoms with E-state index >= 15 is 0 Å². The van der Waals surface area contributed by atoms with Gasteiger partial charge in [-0.15, -0.1) is 0 Å². The van der Waals surface area contributed by atoms with Crippen LogP contribution in [0.25, 0.3) is 77.3 Å². The monoisotopic (exact) mass is 731 g/mol. The van der Waals surface area contributed by atoms with E-state index in [0.29, 0.717) is 0 Å². The smallest absolute Gasteiger partial charge is 0.213 e. The second-order valence-corrected chi connectivity index (χ2v) is 15.7. The van der Waals surface area contributed by atoms with Gasteiger partial charge in [0.2, 0.25) is 5.71 Å². The van der Waals surface area contributed by atoms with Gasteiger partial charge in [-0.2, -0.15) is 0 Å². The van der Waals surface area contributed by atoms with Crippen LogP contribution in [0.2, 0.25) is 0 Å². The van der Waals surface area contributed by atoms with Crippen LogP contribution in [0.3, 0.4) is 0 Å². The van der Waals surface area contributed by atoms with Crippen molar-refractivity contribution in [1.29, 1.82) is 0 Å². The summed E-state index contributed by atoms with van der Waals surface area (Å²) in [6, 6.07) is 68.1. The van der Waals surface area contributed by atoms with Gasteiger partial charge in [0, 0.05) is 44.0 Å². The summed E-state index contributed by atoms with van der Waals surface area (Å²) in [6.45, 7) is 4.68. The van der Waals surface area contributed by atoms with Gasteiger partial charge in [0.15, 0.2) is 0 Å². The number of rotatable bonds is 4. The number of fused-ring (bicyclic) bond motifs is 10. The van der Waals surface area contributed by atoms with Crippen molar-refractivity contribution < 1.29 is 4.42 Å². The molecule has 0 N–H and O–H groups in total. The summed E-state index contributed by atoms with van der Waals surface area (Å²) < 4.78 is 11.3. The molecular weight excluding hydrogens is 695 g/mol. The van der Waals surface area contributed by atoms with E-state index in [9.17, 15) is 0 Å². The van der Waals surface area contributed by atoms with E-state index in [4.69, 9.17) is 4.42 Å². The number of aromatic nitrogens is 2. The Labute approximate surface area is 330 Å². The van der Waals surface area contributed by atoms with Gasteiger partial charge >= 0.3 is 0 Å². The highest BCUT2D eigenvalue weighted by Gasteiger charge is 2.36. The summed E-state index contributed by atoms with van der Waals surface area (Å²) in [5.41, 5.74) is 16.0. The maximum absolute atomic E-state index is 6.61. The van der Waals surface area contributed by atoms with E-state index in [2.05, 4.69) is 210 Å². The topological polar surface area (TPSA) is 26.2 Å². The average molecular weight is 732 g/mol. The Balaban J connectivity index is 1.02. The molecule has 1 aliphatic rings. The Morgan fingerprint density at radius 3 is 1.79 bits per heavy atom. The summed E-state index contributed by atoms with van der Waals surface area (Å²) in [7, 11) is 0. The third-order valence-corrected chi connectivity index (χ3v) is 12.3. The Kier molecular flexibility index (Phi) is 6.65. The minimum atomic E-state index is -0.105. The highest BCUT2D eigenvalue weighted by Crippen LogP contribution is 2.52. The molecule has 0 amide bonds. The Bertz CT molecular complexity index is 3330. The van der Waals surface area contributed by atoms with Crippen LogP contribution in [-0.2, 0) is 5.41 Å². The zero-order chi connectivity index (χ0) is 37.8. The number of benzene rings is 8. The molecule has 0 fully saturated rings. The summed E-state index contributed by atoms with van der Waals surface area (Å²) in [5, 5.41) is 5.93. The van der Waals surface area contributed by atoms with E-state index in [0.717, 1.165) is 50.2 Å². The van der Waals surface area contributed by atoms with E-state index in [1.165, 1.54) is 55.3 Å². The number of hydrogen-bond donors (Lipinski definition) is 0. The maximum Gasteiger partial charge on any atom is 0.213 e. The summed E-state index contributed by atoms with van der Waals surface area (Å²) in [5.74, 6) is 0. The lowest BCUT2D eigenvalue weighted by molar-refractivity contribution is 0.632. The highest BCUT2D eigenvalue weighted by molar-refractivity contribution is 6.24. The summed E-state index contributed by atoms with van der Waals surface area (Å²) >= 11 is 0. The van der Waals surface area contributed by atoms with Gasteiger partial charge in [-0.1, -0.05) is 129 Å². The fraction of sp³-hybridized carbons (Fsp3) is 0.0566. The summed E-state index contributed by atoms with van der Waals surface area (Å²) in [4.78, 5) is 2.45. The molecule has 1 aliphatic heterocycles. The molecule has 4 heterocycles. The molecule has 0 unspecified atom stereocenters. The van der Waals surface area contributed by atoms with Gasteiger partial charge in [0.05, 0.1) is 33.3 Å². The maximum atomic E-state index is 6.61. The van der Waals surface area contributed by atoms with Crippen molar-refractivity contribution in [3.8, 4) is 22.5 Å². The number of furan rings is 1. The number of nitrogens with zero attached hydrogens (tertiary/aromatic N) is 3. The first kappa shape index (κ1) is 32.0. The first-order valence-corrected chi connectivity index (χ1v) is 19.7. The Morgan fingerprint density at radius 1 is 0.421 bits per heavy atom. The predicted molar refractivity (Wildman–Crippen MR) is 237 cm³/mol. The molecule has 0 bridgehead atoms. The van der Waals surface area contributed by atoms with Crippen molar-refractivity contribution >= 4 is 71.8 Å². The zero-order valence-electron chi connectivity index (χ0n) is 31.6. The number of hydrogen-bond acceptors (Lipinski definition) is 2. The van der Waals surface area contributed by atoms with Crippen LogP contribution in [0.4, 0.5) is 17.1 Å². The van der Waals surface area contributed by atoms with Crippen LogP contribution in [0.1, 0.15) is 25.0 Å². The van der Waals surface area contributed by atoms with Crippen LogP contribution in [-0.4, -0.2) is 9.13 Å². The largest absolute Gasteiger partial charge is 0.439 e. The molecule has 11 aromatic rings. The van der Waals surface area contributed by atoms with Gasteiger partial charge in [-0.25, -0.2) is 0 Å². The molecule has 0 radical (unpaired) electrons. The fourth-order valence-corrected chi connectivity index (χ4v) is 9.72. The predicted octanol–water partition coefficient (Wildman–Crippen LogP) is 14.4. The van der Waals surface area contributed by atoms with Crippen molar-refractivity contribution in [3.05, 3.63) is 199 Å². The number of anilines is 3. The van der Waals surface area contributed by atoms with Crippen molar-refractivity contribution in [1.82, 2.24) is 9.13 Å². The SMILES string of the molecule is CC1(C)c2ccccc2N(c2ccc3c(c2)c2ccccc2n3-c2ccc(-c3cccc4c3c3c5ccccc5oc3n4-c3ccccc3)cc2)c2ccccc21. The minimum Gasteiger partial charge on any atom is -0.439 e. The zero-order valence-corrected chi connectivity index (χ0v) is 31.6. The number of para-hydroxylation sites is 5. The highest BCUT2D eigenvalue weighted by atomic mass is 16.3. The molecule has 4 heteroatoms. The quantitative estimate of drug-likeness (QED) is 0.180. The lowest BCUT2D eigenvalue weighted by Gasteiger charge is -2.42. The van der Waals surface area contributed by atoms with Gasteiger partial charge < -0.3 is 13.9 Å². The van der Waals surface area contributed by atoms with Gasteiger partial charge in [0.1, 0.15) is 5.58 Å². The van der Waals surface area contributed by atoms with Crippen molar-refractivity contribution in [2.75, 3.05) is 4.90 Å². The molecule has 8 aromatic carbocycles. The second kappa shape index (κ2) is 11.8. The minimum absolute atomic E-state index is 0.105. The van der Waals surface area contributed by atoms with Crippen LogP contribution in [0.15, 0.2) is 192 Å². The molecule has 57 heavy (non-hydrogen) atoms. The lowest BCUT2D eigenvalue weighted by Crippen LogP contribution is -2.30. The summed E-state index contributed by atoms with van der Waals surface area (Å²) in [6.07, 6.45) is 0. The van der Waals surface area contributed by atoms with E-state index in [-0.39, 0.29) is 5.41 Å². The molecule has 0 spiro atoms. The molecule has 0 saturated heterocycles. The third-order valence-electron chi connectivity index (χ3n) is 12.3. The average Bonchev–Trinajstić information content (AvgIpc) is 3.91. The van der Waals surface area contributed by atoms with Gasteiger partial charge in [0.25, 0.3) is 0 Å². The van der Waals surface area contributed by atoms with E-state index in [1.807, 2.05) is 6.07 Å². The van der Waals surface area contributed by atoms with Crippen molar-refractivity contribution in [3.63, 3.8) is 0 Å². The molecule has 12 rings (SSSR count). The first-order chi connectivity index (χ1) is 28.1.